The summed E-state index contributed by atoms with van der Waals surface area (Å²) in [7, 11) is 0. The third-order valence-corrected chi connectivity index (χ3v) is 3.01. The van der Waals surface area contributed by atoms with Gasteiger partial charge in [0.2, 0.25) is 0 Å². The summed E-state index contributed by atoms with van der Waals surface area (Å²) in [6.07, 6.45) is 0.960. The van der Waals surface area contributed by atoms with Gasteiger partial charge < -0.3 is 10.5 Å². The highest BCUT2D eigenvalue weighted by atomic mass is 32.1. The molecule has 0 saturated heterocycles. The predicted molar refractivity (Wildman–Crippen MR) is 64.4 cm³/mol. The van der Waals surface area contributed by atoms with Crippen molar-refractivity contribution in [2.75, 3.05) is 12.3 Å². The van der Waals surface area contributed by atoms with E-state index >= 15 is 0 Å². The molecule has 2 aromatic rings. The van der Waals surface area contributed by atoms with Gasteiger partial charge in [-0.15, -0.1) is 11.3 Å². The second kappa shape index (κ2) is 4.84. The second-order valence-corrected chi connectivity index (χ2v) is 4.28. The van der Waals surface area contributed by atoms with Crippen LogP contribution in [0.5, 0.6) is 5.75 Å². The number of anilines is 1. The number of hydrogen-bond donors (Lipinski definition) is 1. The van der Waals surface area contributed by atoms with Crippen molar-refractivity contribution in [3.63, 3.8) is 0 Å². The molecule has 1 aromatic carbocycles. The van der Waals surface area contributed by atoms with Crippen molar-refractivity contribution in [3.8, 4) is 5.75 Å². The van der Waals surface area contributed by atoms with E-state index < -0.39 is 0 Å². The summed E-state index contributed by atoms with van der Waals surface area (Å²) in [5.74, 6) is 0.876. The fourth-order valence-electron chi connectivity index (χ4n) is 1.29. The molecule has 2 nitrogen and oxygen atoms in total. The Hall–Kier alpha value is -1.48. The Bertz CT molecular complexity index is 394. The van der Waals surface area contributed by atoms with Crippen LogP contribution in [0.2, 0.25) is 0 Å². The predicted octanol–water partition coefficient (Wildman–Crippen LogP) is 2.95. The Kier molecular flexibility index (Phi) is 3.25. The minimum absolute atomic E-state index is 0.713. The molecule has 0 unspecified atom stereocenters. The molecule has 0 aliphatic heterocycles. The van der Waals surface area contributed by atoms with Gasteiger partial charge in [0, 0.05) is 17.0 Å². The maximum Gasteiger partial charge on any atom is 0.119 e. The van der Waals surface area contributed by atoms with Gasteiger partial charge in [0.25, 0.3) is 0 Å². The van der Waals surface area contributed by atoms with E-state index in [0.717, 1.165) is 17.9 Å². The molecule has 0 spiro atoms. The maximum absolute atomic E-state index is 5.59. The van der Waals surface area contributed by atoms with E-state index in [1.54, 1.807) is 11.3 Å². The maximum atomic E-state index is 5.59. The van der Waals surface area contributed by atoms with Gasteiger partial charge in [0.05, 0.1) is 6.61 Å². The van der Waals surface area contributed by atoms with Gasteiger partial charge in [0.15, 0.2) is 0 Å². The van der Waals surface area contributed by atoms with E-state index in [4.69, 9.17) is 10.5 Å². The molecule has 0 bridgehead atoms. The molecule has 1 heterocycles. The van der Waals surface area contributed by atoms with Gasteiger partial charge in [-0.05, 0) is 35.7 Å². The monoisotopic (exact) mass is 219 g/mol. The molecular weight excluding hydrogens is 206 g/mol. The van der Waals surface area contributed by atoms with E-state index in [2.05, 4.69) is 17.5 Å². The number of hydrogen-bond acceptors (Lipinski definition) is 3. The van der Waals surface area contributed by atoms with Crippen LogP contribution in [-0.2, 0) is 6.42 Å². The molecule has 3 heteroatoms. The fraction of sp³-hybridized carbons (Fsp3) is 0.167. The Morgan fingerprint density at radius 3 is 2.60 bits per heavy atom. The lowest BCUT2D eigenvalue weighted by Crippen LogP contribution is -1.99. The van der Waals surface area contributed by atoms with E-state index in [0.29, 0.717) is 6.61 Å². The SMILES string of the molecule is Nc1ccc(OCCc2cccs2)cc1. The normalized spacial score (nSPS) is 10.1. The van der Waals surface area contributed by atoms with Crippen LogP contribution in [0.1, 0.15) is 4.88 Å². The van der Waals surface area contributed by atoms with Crippen molar-refractivity contribution >= 4 is 17.0 Å². The molecule has 15 heavy (non-hydrogen) atoms. The highest BCUT2D eigenvalue weighted by Crippen LogP contribution is 2.14. The Morgan fingerprint density at radius 2 is 1.93 bits per heavy atom. The number of ether oxygens (including phenoxy) is 1. The lowest BCUT2D eigenvalue weighted by molar-refractivity contribution is 0.323. The first-order valence-electron chi connectivity index (χ1n) is 4.85. The van der Waals surface area contributed by atoms with Crippen LogP contribution in [0.4, 0.5) is 5.69 Å². The number of rotatable bonds is 4. The first-order valence-corrected chi connectivity index (χ1v) is 5.73. The van der Waals surface area contributed by atoms with Gasteiger partial charge in [0.1, 0.15) is 5.75 Å². The minimum Gasteiger partial charge on any atom is -0.493 e. The lowest BCUT2D eigenvalue weighted by Gasteiger charge is -2.04. The fourth-order valence-corrected chi connectivity index (χ4v) is 1.98. The number of nitrogens with two attached hydrogens (primary N) is 1. The van der Waals surface area contributed by atoms with Gasteiger partial charge in [-0.2, -0.15) is 0 Å². The van der Waals surface area contributed by atoms with Gasteiger partial charge in [-0.1, -0.05) is 6.07 Å². The topological polar surface area (TPSA) is 35.2 Å². The second-order valence-electron chi connectivity index (χ2n) is 3.25. The summed E-state index contributed by atoms with van der Waals surface area (Å²) >= 11 is 1.76. The number of thiophene rings is 1. The summed E-state index contributed by atoms with van der Waals surface area (Å²) < 4.78 is 5.59. The van der Waals surface area contributed by atoms with E-state index in [1.165, 1.54) is 4.88 Å². The van der Waals surface area contributed by atoms with Crippen molar-refractivity contribution in [2.45, 2.75) is 6.42 Å². The zero-order valence-electron chi connectivity index (χ0n) is 8.35. The van der Waals surface area contributed by atoms with Crippen molar-refractivity contribution in [1.82, 2.24) is 0 Å². The highest BCUT2D eigenvalue weighted by Gasteiger charge is 1.95. The molecule has 0 radical (unpaired) electrons. The quantitative estimate of drug-likeness (QED) is 0.802. The van der Waals surface area contributed by atoms with Crippen LogP contribution < -0.4 is 10.5 Å². The van der Waals surface area contributed by atoms with E-state index in [-0.39, 0.29) is 0 Å². The van der Waals surface area contributed by atoms with Crippen LogP contribution in [0.15, 0.2) is 41.8 Å². The summed E-state index contributed by atoms with van der Waals surface area (Å²) in [5.41, 5.74) is 6.34. The third kappa shape index (κ3) is 2.99. The molecule has 1 aromatic heterocycles. The molecule has 2 N–H and O–H groups in total. The van der Waals surface area contributed by atoms with Crippen molar-refractivity contribution in [3.05, 3.63) is 46.7 Å². The summed E-state index contributed by atoms with van der Waals surface area (Å²) in [6.45, 7) is 0.713. The Labute approximate surface area is 93.3 Å². The lowest BCUT2D eigenvalue weighted by atomic mass is 10.3. The van der Waals surface area contributed by atoms with Gasteiger partial charge >= 0.3 is 0 Å². The van der Waals surface area contributed by atoms with Gasteiger partial charge in [-0.25, -0.2) is 0 Å². The van der Waals surface area contributed by atoms with Crippen LogP contribution >= 0.6 is 11.3 Å². The molecular formula is C12H13NOS. The molecule has 0 amide bonds. The average molecular weight is 219 g/mol. The van der Waals surface area contributed by atoms with Crippen molar-refractivity contribution in [2.24, 2.45) is 0 Å². The summed E-state index contributed by atoms with van der Waals surface area (Å²) in [4.78, 5) is 1.35. The summed E-state index contributed by atoms with van der Waals surface area (Å²) in [5, 5.41) is 2.08. The molecule has 2 rings (SSSR count). The van der Waals surface area contributed by atoms with Gasteiger partial charge in [-0.3, -0.25) is 0 Å². The number of nitrogen functional groups attached to an aromatic ring is 1. The Morgan fingerprint density at radius 1 is 1.13 bits per heavy atom. The van der Waals surface area contributed by atoms with Crippen LogP contribution in [0, 0.1) is 0 Å². The minimum atomic E-state index is 0.713. The summed E-state index contributed by atoms with van der Waals surface area (Å²) in [6, 6.07) is 11.7. The molecule has 0 aliphatic rings. The third-order valence-electron chi connectivity index (χ3n) is 2.08. The highest BCUT2D eigenvalue weighted by molar-refractivity contribution is 7.09. The van der Waals surface area contributed by atoms with E-state index in [1.807, 2.05) is 24.3 Å². The largest absolute Gasteiger partial charge is 0.493 e. The van der Waals surface area contributed by atoms with Crippen LogP contribution in [0.3, 0.4) is 0 Å². The standard InChI is InChI=1S/C12H13NOS/c13-10-3-5-11(6-4-10)14-8-7-12-2-1-9-15-12/h1-6,9H,7-8,13H2. The number of benzene rings is 1. The smallest absolute Gasteiger partial charge is 0.119 e. The first-order chi connectivity index (χ1) is 7.34. The first kappa shape index (κ1) is 10.1. The zero-order valence-corrected chi connectivity index (χ0v) is 9.17. The molecule has 0 fully saturated rings. The van der Waals surface area contributed by atoms with Crippen molar-refractivity contribution in [1.29, 1.82) is 0 Å². The zero-order chi connectivity index (χ0) is 10.5. The molecule has 0 atom stereocenters. The van der Waals surface area contributed by atoms with E-state index in [9.17, 15) is 0 Å². The van der Waals surface area contributed by atoms with Crippen LogP contribution in [-0.4, -0.2) is 6.61 Å². The Balaban J connectivity index is 1.81. The van der Waals surface area contributed by atoms with Crippen LogP contribution in [0.25, 0.3) is 0 Å². The molecule has 0 aliphatic carbocycles. The molecule has 0 saturated carbocycles. The molecule has 78 valence electrons. The van der Waals surface area contributed by atoms with Crippen molar-refractivity contribution < 1.29 is 4.74 Å². The average Bonchev–Trinajstić information content (AvgIpc) is 2.74.